The maximum absolute atomic E-state index is 2.44. The molecule has 6 rings (SSSR count). The molecule has 1 aliphatic heterocycles. The van der Waals surface area contributed by atoms with E-state index in [2.05, 4.69) is 108 Å². The SMILES string of the molecule is c1ccc2c(c1)Cc1ccccc1N2c1cccc2cc3ccccc3cc12. The first kappa shape index (κ1) is 15.5. The van der Waals surface area contributed by atoms with Gasteiger partial charge in [0.2, 0.25) is 0 Å². The van der Waals surface area contributed by atoms with Gasteiger partial charge in [0.25, 0.3) is 0 Å². The number of nitrogens with zero attached hydrogens (tertiary/aromatic N) is 1. The van der Waals surface area contributed by atoms with E-state index in [9.17, 15) is 0 Å². The number of fused-ring (bicyclic) bond motifs is 4. The molecule has 0 saturated heterocycles. The number of benzene rings is 5. The average Bonchev–Trinajstić information content (AvgIpc) is 2.76. The van der Waals surface area contributed by atoms with Crippen molar-refractivity contribution >= 4 is 38.6 Å². The van der Waals surface area contributed by atoms with E-state index in [4.69, 9.17) is 0 Å². The first-order valence-corrected chi connectivity index (χ1v) is 9.76. The molecule has 1 aliphatic rings. The Labute approximate surface area is 164 Å². The molecule has 1 heteroatoms. The monoisotopic (exact) mass is 357 g/mol. The largest absolute Gasteiger partial charge is 0.309 e. The minimum Gasteiger partial charge on any atom is -0.309 e. The Balaban J connectivity index is 1.69. The van der Waals surface area contributed by atoms with Crippen LogP contribution in [-0.4, -0.2) is 0 Å². The Bertz CT molecular complexity index is 1300. The van der Waals surface area contributed by atoms with Crippen LogP contribution in [0.4, 0.5) is 17.1 Å². The van der Waals surface area contributed by atoms with Crippen LogP contribution in [0, 0.1) is 0 Å². The van der Waals surface area contributed by atoms with Gasteiger partial charge in [0, 0.05) is 23.2 Å². The highest BCUT2D eigenvalue weighted by atomic mass is 15.2. The lowest BCUT2D eigenvalue weighted by atomic mass is 9.94. The Morgan fingerprint density at radius 1 is 0.464 bits per heavy atom. The van der Waals surface area contributed by atoms with Crippen LogP contribution >= 0.6 is 0 Å². The van der Waals surface area contributed by atoms with Crippen molar-refractivity contribution < 1.29 is 0 Å². The zero-order valence-corrected chi connectivity index (χ0v) is 15.5. The zero-order valence-electron chi connectivity index (χ0n) is 15.5. The molecule has 0 amide bonds. The normalized spacial score (nSPS) is 12.8. The van der Waals surface area contributed by atoms with Crippen molar-refractivity contribution in [2.75, 3.05) is 4.90 Å². The molecule has 1 heterocycles. The summed E-state index contributed by atoms with van der Waals surface area (Å²) in [6, 6.07) is 37.4. The van der Waals surface area contributed by atoms with E-state index in [-0.39, 0.29) is 0 Å². The number of para-hydroxylation sites is 2. The van der Waals surface area contributed by atoms with Crippen LogP contribution in [0.3, 0.4) is 0 Å². The fourth-order valence-corrected chi connectivity index (χ4v) is 4.50. The molecule has 0 bridgehead atoms. The van der Waals surface area contributed by atoms with E-state index < -0.39 is 0 Å². The number of hydrogen-bond donors (Lipinski definition) is 0. The van der Waals surface area contributed by atoms with Crippen LogP contribution in [0.15, 0.2) is 103 Å². The van der Waals surface area contributed by atoms with E-state index in [1.54, 1.807) is 0 Å². The lowest BCUT2D eigenvalue weighted by molar-refractivity contribution is 1.09. The second-order valence-electron chi connectivity index (χ2n) is 7.47. The van der Waals surface area contributed by atoms with E-state index in [0.29, 0.717) is 0 Å². The van der Waals surface area contributed by atoms with Crippen LogP contribution in [0.5, 0.6) is 0 Å². The maximum Gasteiger partial charge on any atom is 0.0540 e. The van der Waals surface area contributed by atoms with Crippen LogP contribution in [0.25, 0.3) is 21.5 Å². The van der Waals surface area contributed by atoms with Crippen LogP contribution in [0.2, 0.25) is 0 Å². The third-order valence-electron chi connectivity index (χ3n) is 5.81. The lowest BCUT2D eigenvalue weighted by Crippen LogP contribution is -2.18. The molecule has 5 aromatic rings. The topological polar surface area (TPSA) is 3.24 Å². The highest BCUT2D eigenvalue weighted by Crippen LogP contribution is 2.46. The molecule has 0 atom stereocenters. The van der Waals surface area contributed by atoms with Gasteiger partial charge in [-0.05, 0) is 57.6 Å². The van der Waals surface area contributed by atoms with Gasteiger partial charge in [-0.3, -0.25) is 0 Å². The number of anilines is 3. The molecule has 0 radical (unpaired) electrons. The third kappa shape index (κ3) is 2.26. The third-order valence-corrected chi connectivity index (χ3v) is 5.81. The molecule has 0 spiro atoms. The highest BCUT2D eigenvalue weighted by molar-refractivity contribution is 6.06. The van der Waals surface area contributed by atoms with Gasteiger partial charge in [-0.1, -0.05) is 72.8 Å². The first-order valence-electron chi connectivity index (χ1n) is 9.76. The fourth-order valence-electron chi connectivity index (χ4n) is 4.50. The summed E-state index contributed by atoms with van der Waals surface area (Å²) in [6.45, 7) is 0. The highest BCUT2D eigenvalue weighted by Gasteiger charge is 2.24. The van der Waals surface area contributed by atoms with Gasteiger partial charge in [0.15, 0.2) is 0 Å². The summed E-state index contributed by atoms with van der Waals surface area (Å²) in [6.07, 6.45) is 0.983. The molecule has 0 aliphatic carbocycles. The Hall–Kier alpha value is -3.58. The Morgan fingerprint density at radius 3 is 1.71 bits per heavy atom. The van der Waals surface area contributed by atoms with Gasteiger partial charge in [0.1, 0.15) is 0 Å². The minimum absolute atomic E-state index is 0.983. The van der Waals surface area contributed by atoms with Crippen LogP contribution in [-0.2, 0) is 6.42 Å². The predicted molar refractivity (Wildman–Crippen MR) is 119 cm³/mol. The zero-order chi connectivity index (χ0) is 18.5. The summed E-state index contributed by atoms with van der Waals surface area (Å²) < 4.78 is 0. The Morgan fingerprint density at radius 2 is 1.00 bits per heavy atom. The summed E-state index contributed by atoms with van der Waals surface area (Å²) in [5.41, 5.74) is 6.55. The predicted octanol–water partition coefficient (Wildman–Crippen LogP) is 7.37. The quantitative estimate of drug-likeness (QED) is 0.278. The standard InChI is InChI=1S/C27H19N/c1-2-9-20-18-24-21(16-19(20)8-1)12-7-15-27(24)28-25-13-5-3-10-22(25)17-23-11-4-6-14-26(23)28/h1-16,18H,17H2. The fraction of sp³-hybridized carbons (Fsp3) is 0.0370. The van der Waals surface area contributed by atoms with Crippen LogP contribution < -0.4 is 4.90 Å². The number of hydrogen-bond acceptors (Lipinski definition) is 1. The van der Waals surface area contributed by atoms with Crippen molar-refractivity contribution in [2.45, 2.75) is 6.42 Å². The second-order valence-corrected chi connectivity index (χ2v) is 7.47. The van der Waals surface area contributed by atoms with E-state index in [0.717, 1.165) is 6.42 Å². The van der Waals surface area contributed by atoms with Gasteiger partial charge >= 0.3 is 0 Å². The van der Waals surface area contributed by atoms with Gasteiger partial charge in [-0.2, -0.15) is 0 Å². The van der Waals surface area contributed by atoms with Gasteiger partial charge in [0.05, 0.1) is 5.69 Å². The summed E-state index contributed by atoms with van der Waals surface area (Å²) in [7, 11) is 0. The summed E-state index contributed by atoms with van der Waals surface area (Å²) in [5, 5.41) is 5.12. The maximum atomic E-state index is 2.44. The Kier molecular flexibility index (Phi) is 3.30. The first-order chi connectivity index (χ1) is 13.9. The molecule has 0 saturated carbocycles. The molecular formula is C27H19N. The molecule has 0 unspecified atom stereocenters. The second kappa shape index (κ2) is 5.97. The van der Waals surface area contributed by atoms with Crippen molar-refractivity contribution in [3.63, 3.8) is 0 Å². The van der Waals surface area contributed by atoms with Gasteiger partial charge < -0.3 is 4.90 Å². The summed E-state index contributed by atoms with van der Waals surface area (Å²) in [4.78, 5) is 2.44. The van der Waals surface area contributed by atoms with E-state index in [1.165, 1.54) is 49.7 Å². The van der Waals surface area contributed by atoms with Crippen molar-refractivity contribution in [2.24, 2.45) is 0 Å². The lowest BCUT2D eigenvalue weighted by Gasteiger charge is -2.34. The van der Waals surface area contributed by atoms with Crippen molar-refractivity contribution in [3.8, 4) is 0 Å². The molecular weight excluding hydrogens is 338 g/mol. The van der Waals surface area contributed by atoms with Crippen molar-refractivity contribution in [1.82, 2.24) is 0 Å². The van der Waals surface area contributed by atoms with Gasteiger partial charge in [-0.25, -0.2) is 0 Å². The van der Waals surface area contributed by atoms with Crippen LogP contribution in [0.1, 0.15) is 11.1 Å². The van der Waals surface area contributed by atoms with Crippen molar-refractivity contribution in [1.29, 1.82) is 0 Å². The van der Waals surface area contributed by atoms with Gasteiger partial charge in [-0.15, -0.1) is 0 Å². The minimum atomic E-state index is 0.983. The number of rotatable bonds is 1. The molecule has 28 heavy (non-hydrogen) atoms. The molecule has 0 N–H and O–H groups in total. The van der Waals surface area contributed by atoms with E-state index >= 15 is 0 Å². The smallest absolute Gasteiger partial charge is 0.0540 e. The summed E-state index contributed by atoms with van der Waals surface area (Å²) in [5.74, 6) is 0. The van der Waals surface area contributed by atoms with Crippen molar-refractivity contribution in [3.05, 3.63) is 114 Å². The molecule has 132 valence electrons. The molecule has 5 aromatic carbocycles. The molecule has 0 aromatic heterocycles. The molecule has 1 nitrogen and oxygen atoms in total. The molecule has 0 fully saturated rings. The van der Waals surface area contributed by atoms with E-state index in [1.807, 2.05) is 0 Å². The summed E-state index contributed by atoms with van der Waals surface area (Å²) >= 11 is 0. The average molecular weight is 357 g/mol.